The third-order valence-corrected chi connectivity index (χ3v) is 4.07. The second-order valence-electron chi connectivity index (χ2n) is 11.3. The molecule has 0 aromatic heterocycles. The zero-order chi connectivity index (χ0) is 27.6. The van der Waals surface area contributed by atoms with Gasteiger partial charge < -0.3 is 35.1 Å². The fourth-order valence-electron chi connectivity index (χ4n) is 2.83. The normalized spacial score (nSPS) is 14.9. The van der Waals surface area contributed by atoms with Gasteiger partial charge in [-0.2, -0.15) is 0 Å². The lowest BCUT2D eigenvalue weighted by molar-refractivity contribution is -0.170. The molecule has 0 aromatic carbocycles. The molecule has 2 amide bonds. The summed E-state index contributed by atoms with van der Waals surface area (Å²) in [6.07, 6.45) is -0.916. The first kappa shape index (κ1) is 32.6. The summed E-state index contributed by atoms with van der Waals surface area (Å²) in [6, 6.07) is -3.16. The van der Waals surface area contributed by atoms with Crippen molar-refractivity contribution in [1.82, 2.24) is 10.6 Å². The van der Waals surface area contributed by atoms with E-state index in [9.17, 15) is 24.3 Å². The van der Waals surface area contributed by atoms with E-state index >= 15 is 0 Å². The highest BCUT2D eigenvalue weighted by atomic mass is 16.6. The molecule has 0 saturated carbocycles. The molecule has 0 aliphatic heterocycles. The van der Waals surface area contributed by atoms with Crippen molar-refractivity contribution in [3.63, 3.8) is 0 Å². The van der Waals surface area contributed by atoms with E-state index in [1.165, 1.54) is 0 Å². The summed E-state index contributed by atoms with van der Waals surface area (Å²) in [6.45, 7) is 15.4. The average molecular weight is 505 g/mol. The summed E-state index contributed by atoms with van der Waals surface area (Å²) in [5.74, 6) is -2.60. The lowest BCUT2D eigenvalue weighted by Crippen LogP contribution is -2.53. The second kappa shape index (κ2) is 13.6. The molecule has 0 heterocycles. The molecule has 11 nitrogen and oxygen atoms in total. The molecule has 204 valence electrons. The highest BCUT2D eigenvalue weighted by Crippen LogP contribution is 2.16. The molecule has 0 spiro atoms. The molecule has 35 heavy (non-hydrogen) atoms. The third kappa shape index (κ3) is 17.7. The number of carboxylic acids is 1. The summed E-state index contributed by atoms with van der Waals surface area (Å²) in [4.78, 5) is 48.8. The van der Waals surface area contributed by atoms with Gasteiger partial charge in [-0.25, -0.2) is 14.4 Å². The van der Waals surface area contributed by atoms with Gasteiger partial charge in [-0.3, -0.25) is 4.79 Å². The molecule has 1 unspecified atom stereocenters. The number of hydrogen-bond donors (Lipinski definition) is 4. The summed E-state index contributed by atoms with van der Waals surface area (Å²) in [5, 5.41) is 23.9. The van der Waals surface area contributed by atoms with Crippen LogP contribution < -0.4 is 10.6 Å². The van der Waals surface area contributed by atoms with Crippen LogP contribution in [0.5, 0.6) is 0 Å². The predicted octanol–water partition coefficient (Wildman–Crippen LogP) is 2.87. The summed E-state index contributed by atoms with van der Waals surface area (Å²) in [7, 11) is 0. The molecule has 0 aliphatic rings. The minimum atomic E-state index is -1.23. The SMILES string of the molecule is CC(C)(C)OC(=O)[C@H](CCCC(O)OC(C)(C)C)NC(=O)N[C@@H](CCC(=O)O)C(=O)OC(C)(C)C. The Morgan fingerprint density at radius 3 is 1.51 bits per heavy atom. The number of amides is 2. The van der Waals surface area contributed by atoms with Gasteiger partial charge in [-0.05, 0) is 88.0 Å². The van der Waals surface area contributed by atoms with Crippen molar-refractivity contribution in [2.75, 3.05) is 0 Å². The van der Waals surface area contributed by atoms with Crippen LogP contribution in [-0.2, 0) is 28.6 Å². The maximum absolute atomic E-state index is 12.7. The van der Waals surface area contributed by atoms with Gasteiger partial charge in [0.15, 0.2) is 6.29 Å². The zero-order valence-electron chi connectivity index (χ0n) is 22.5. The van der Waals surface area contributed by atoms with Crippen LogP contribution in [0.3, 0.4) is 0 Å². The van der Waals surface area contributed by atoms with Gasteiger partial charge >= 0.3 is 23.9 Å². The Morgan fingerprint density at radius 2 is 1.14 bits per heavy atom. The van der Waals surface area contributed by atoms with Gasteiger partial charge in [0.05, 0.1) is 5.60 Å². The van der Waals surface area contributed by atoms with Crippen molar-refractivity contribution in [3.05, 3.63) is 0 Å². The van der Waals surface area contributed by atoms with E-state index in [4.69, 9.17) is 19.3 Å². The van der Waals surface area contributed by atoms with Crippen molar-refractivity contribution in [2.24, 2.45) is 0 Å². The minimum Gasteiger partial charge on any atom is -0.481 e. The minimum absolute atomic E-state index is 0.138. The lowest BCUT2D eigenvalue weighted by atomic mass is 10.1. The molecule has 0 bridgehead atoms. The van der Waals surface area contributed by atoms with Gasteiger partial charge in [0.2, 0.25) is 0 Å². The Bertz CT molecular complexity index is 718. The van der Waals surface area contributed by atoms with E-state index in [2.05, 4.69) is 10.6 Å². The number of urea groups is 1. The number of hydrogen-bond acceptors (Lipinski definition) is 8. The zero-order valence-corrected chi connectivity index (χ0v) is 22.5. The fourth-order valence-corrected chi connectivity index (χ4v) is 2.83. The number of aliphatic hydroxyl groups excluding tert-OH is 1. The van der Waals surface area contributed by atoms with E-state index in [0.29, 0.717) is 6.42 Å². The molecule has 0 aliphatic carbocycles. The number of nitrogens with one attached hydrogen (secondary N) is 2. The number of aliphatic carboxylic acids is 1. The van der Waals surface area contributed by atoms with E-state index in [1.807, 2.05) is 0 Å². The molecule has 0 rings (SSSR count). The summed E-state index contributed by atoms with van der Waals surface area (Å²) >= 11 is 0. The molecule has 0 aromatic rings. The first-order valence-corrected chi connectivity index (χ1v) is 11.8. The maximum Gasteiger partial charge on any atom is 0.329 e. The van der Waals surface area contributed by atoms with Crippen LogP contribution in [0, 0.1) is 0 Å². The van der Waals surface area contributed by atoms with Crippen LogP contribution >= 0.6 is 0 Å². The molecular weight excluding hydrogens is 460 g/mol. The molecular formula is C24H44N2O9. The number of ether oxygens (including phenoxy) is 3. The highest BCUT2D eigenvalue weighted by molar-refractivity contribution is 5.87. The largest absolute Gasteiger partial charge is 0.481 e. The first-order valence-electron chi connectivity index (χ1n) is 11.8. The van der Waals surface area contributed by atoms with Gasteiger partial charge in [0, 0.05) is 6.42 Å². The number of carboxylic acid groups (broad SMARTS) is 1. The van der Waals surface area contributed by atoms with Crippen molar-refractivity contribution in [3.8, 4) is 0 Å². The Morgan fingerprint density at radius 1 is 0.714 bits per heavy atom. The molecule has 0 radical (unpaired) electrons. The van der Waals surface area contributed by atoms with Gasteiger partial charge in [-0.1, -0.05) is 0 Å². The van der Waals surface area contributed by atoms with Crippen molar-refractivity contribution >= 4 is 23.9 Å². The predicted molar refractivity (Wildman–Crippen MR) is 128 cm³/mol. The quantitative estimate of drug-likeness (QED) is 0.231. The number of esters is 2. The highest BCUT2D eigenvalue weighted by Gasteiger charge is 2.31. The Hall–Kier alpha value is -2.40. The lowest BCUT2D eigenvalue weighted by Gasteiger charge is -2.27. The van der Waals surface area contributed by atoms with Crippen LogP contribution in [0.25, 0.3) is 0 Å². The molecule has 4 N–H and O–H groups in total. The van der Waals surface area contributed by atoms with Gasteiger partial charge in [0.1, 0.15) is 23.3 Å². The Kier molecular flexibility index (Phi) is 12.7. The average Bonchev–Trinajstić information content (AvgIpc) is 2.59. The number of aliphatic hydroxyl groups is 1. The fraction of sp³-hybridized carbons (Fsp3) is 0.833. The van der Waals surface area contributed by atoms with Crippen LogP contribution in [0.2, 0.25) is 0 Å². The topological polar surface area (TPSA) is 160 Å². The van der Waals surface area contributed by atoms with Gasteiger partial charge in [0.25, 0.3) is 0 Å². The van der Waals surface area contributed by atoms with Crippen molar-refractivity contribution in [2.45, 2.75) is 130 Å². The first-order chi connectivity index (χ1) is 15.7. The van der Waals surface area contributed by atoms with Crippen LogP contribution in [0.4, 0.5) is 4.79 Å². The van der Waals surface area contributed by atoms with E-state index < -0.39 is 59.1 Å². The third-order valence-electron chi connectivity index (χ3n) is 4.07. The second-order valence-corrected chi connectivity index (χ2v) is 11.3. The van der Waals surface area contributed by atoms with Crippen LogP contribution in [-0.4, -0.2) is 69.3 Å². The smallest absolute Gasteiger partial charge is 0.329 e. The molecule has 0 saturated heterocycles. The van der Waals surface area contributed by atoms with E-state index in [0.717, 1.165) is 0 Å². The Balaban J connectivity index is 5.33. The number of carbonyl (C=O) groups excluding carboxylic acids is 3. The molecule has 3 atom stereocenters. The van der Waals surface area contributed by atoms with Crippen LogP contribution in [0.15, 0.2) is 0 Å². The number of carbonyl (C=O) groups is 4. The van der Waals surface area contributed by atoms with E-state index in [-0.39, 0.29) is 25.7 Å². The molecule has 0 fully saturated rings. The monoisotopic (exact) mass is 504 g/mol. The molecule has 11 heteroatoms. The Labute approximate surface area is 208 Å². The summed E-state index contributed by atoms with van der Waals surface area (Å²) in [5.41, 5.74) is -2.19. The standard InChI is InChI=1S/C24H44N2O9/c1-22(2,3)33-18(29)12-10-11-15(19(30)34-23(4,5)6)25-21(32)26-16(13-14-17(27)28)20(31)35-24(7,8)9/h15-16,18,29H,10-14H2,1-9H3,(H,27,28)(H2,25,26,32)/t15-,16-,18?/m0/s1. The maximum atomic E-state index is 12.7. The van der Waals surface area contributed by atoms with E-state index in [1.54, 1.807) is 62.3 Å². The number of rotatable bonds is 12. The van der Waals surface area contributed by atoms with Crippen molar-refractivity contribution in [1.29, 1.82) is 0 Å². The van der Waals surface area contributed by atoms with Crippen LogP contribution in [0.1, 0.15) is 94.4 Å². The van der Waals surface area contributed by atoms with Gasteiger partial charge in [-0.15, -0.1) is 0 Å². The van der Waals surface area contributed by atoms with Crippen molar-refractivity contribution < 1.29 is 43.6 Å². The summed E-state index contributed by atoms with van der Waals surface area (Å²) < 4.78 is 16.1.